The zero-order valence-corrected chi connectivity index (χ0v) is 16.6. The van der Waals surface area contributed by atoms with Gasteiger partial charge in [0.2, 0.25) is 0 Å². The fraction of sp³-hybridized carbons (Fsp3) is 0.522. The highest BCUT2D eigenvalue weighted by Gasteiger charge is 2.25. The van der Waals surface area contributed by atoms with Crippen molar-refractivity contribution < 1.29 is 17.1 Å². The number of hydrogen-bond donors (Lipinski definition) is 0. The van der Waals surface area contributed by atoms with Crippen molar-refractivity contribution in [1.82, 2.24) is 19.6 Å². The number of rotatable bonds is 4. The number of piperidine rings is 1. The molecule has 2 aliphatic heterocycles. The summed E-state index contributed by atoms with van der Waals surface area (Å²) in [5.74, 6) is -0.659. The molecule has 30 heavy (non-hydrogen) atoms. The molecule has 2 aliphatic rings. The lowest BCUT2D eigenvalue weighted by atomic mass is 9.91. The molecule has 1 saturated heterocycles. The van der Waals surface area contributed by atoms with Crippen molar-refractivity contribution in [3.05, 3.63) is 57.1 Å². The Bertz CT molecular complexity index is 1360. The van der Waals surface area contributed by atoms with E-state index in [0.717, 1.165) is 12.8 Å². The Morgan fingerprint density at radius 1 is 1.33 bits per heavy atom. The molecule has 0 radical (unpaired) electrons. The van der Waals surface area contributed by atoms with Gasteiger partial charge in [-0.3, -0.25) is 9.36 Å². The molecule has 0 N–H and O–H groups in total. The second kappa shape index (κ2) is 7.95. The van der Waals surface area contributed by atoms with E-state index in [1.807, 2.05) is 0 Å². The molecule has 3 aromatic rings. The molecule has 0 saturated carbocycles. The molecule has 2 aromatic heterocycles. The number of nitrogens with zero attached hydrogens (tertiary/aromatic N) is 4. The molecule has 7 heteroatoms. The number of hydrogen-bond acceptors (Lipinski definition) is 5. The highest BCUT2D eigenvalue weighted by molar-refractivity contribution is 5.79. The Morgan fingerprint density at radius 2 is 2.20 bits per heavy atom. The number of aromatic nitrogens is 3. The summed E-state index contributed by atoms with van der Waals surface area (Å²) in [6.07, 6.45) is 0.567. The van der Waals surface area contributed by atoms with Crippen LogP contribution >= 0.6 is 0 Å². The van der Waals surface area contributed by atoms with Crippen LogP contribution < -0.4 is 5.56 Å². The van der Waals surface area contributed by atoms with Gasteiger partial charge in [-0.05, 0) is 64.2 Å². The normalized spacial score (nSPS) is 23.1. The van der Waals surface area contributed by atoms with Crippen molar-refractivity contribution in [2.24, 2.45) is 0 Å². The topological polar surface area (TPSA) is 64.2 Å². The Kier molecular flexibility index (Phi) is 3.63. The van der Waals surface area contributed by atoms with Gasteiger partial charge in [-0.25, -0.2) is 9.37 Å². The van der Waals surface area contributed by atoms with Crippen molar-refractivity contribution in [3.8, 4) is 0 Å². The predicted molar refractivity (Wildman–Crippen MR) is 112 cm³/mol. The summed E-state index contributed by atoms with van der Waals surface area (Å²) in [5, 5.41) is 4.77. The van der Waals surface area contributed by atoms with Gasteiger partial charge in [0.15, 0.2) is 5.58 Å². The second-order valence-corrected chi connectivity index (χ2v) is 7.98. The van der Waals surface area contributed by atoms with Crippen LogP contribution in [-0.2, 0) is 19.3 Å². The van der Waals surface area contributed by atoms with Crippen LogP contribution in [0.1, 0.15) is 62.6 Å². The molecule has 0 aliphatic carbocycles. The third-order valence-corrected chi connectivity index (χ3v) is 6.14. The lowest BCUT2D eigenvalue weighted by Gasteiger charge is -2.31. The number of likely N-dealkylation sites (tertiary alicyclic amines) is 1. The maximum Gasteiger partial charge on any atom is 0.256 e. The van der Waals surface area contributed by atoms with Gasteiger partial charge in [-0.1, -0.05) is 5.16 Å². The van der Waals surface area contributed by atoms with Gasteiger partial charge in [0.05, 0.1) is 7.06 Å². The van der Waals surface area contributed by atoms with E-state index in [2.05, 4.69) is 15.0 Å². The molecule has 0 amide bonds. The van der Waals surface area contributed by atoms with Gasteiger partial charge in [0, 0.05) is 54.9 Å². The number of halogens is 1. The number of fused-ring (bicyclic) bond motifs is 2. The first-order valence-corrected chi connectivity index (χ1v) is 10.4. The summed E-state index contributed by atoms with van der Waals surface area (Å²) < 4.78 is 68.2. The van der Waals surface area contributed by atoms with Crippen LogP contribution in [0.5, 0.6) is 0 Å². The first kappa shape index (κ1) is 13.7. The lowest BCUT2D eigenvalue weighted by Crippen LogP contribution is -2.37. The van der Waals surface area contributed by atoms with Gasteiger partial charge in [-0.15, -0.1) is 0 Å². The van der Waals surface area contributed by atoms with E-state index < -0.39 is 24.6 Å². The molecule has 158 valence electrons. The molecule has 0 unspecified atom stereocenters. The first-order valence-electron chi connectivity index (χ1n) is 13.4. The maximum atomic E-state index is 13.7. The van der Waals surface area contributed by atoms with Crippen LogP contribution in [0, 0.1) is 12.7 Å². The zero-order valence-electron chi connectivity index (χ0n) is 22.6. The van der Waals surface area contributed by atoms with Crippen LogP contribution in [0.25, 0.3) is 11.0 Å². The molecule has 0 spiro atoms. The van der Waals surface area contributed by atoms with Crippen LogP contribution in [-0.4, -0.2) is 39.2 Å². The van der Waals surface area contributed by atoms with Crippen LogP contribution in [0.15, 0.2) is 27.5 Å². The van der Waals surface area contributed by atoms with Crippen LogP contribution in [0.4, 0.5) is 4.39 Å². The second-order valence-electron chi connectivity index (χ2n) is 7.98. The molecule has 1 fully saturated rings. The van der Waals surface area contributed by atoms with E-state index in [9.17, 15) is 9.18 Å². The molecule has 0 bridgehead atoms. The summed E-state index contributed by atoms with van der Waals surface area (Å²) in [5.41, 5.74) is 0.235. The van der Waals surface area contributed by atoms with Crippen molar-refractivity contribution >= 4 is 11.0 Å². The standard InChI is InChI=1S/C23H27FN4O2/c1-15-18(23(29)28-10-3-2-4-21(28)25-15)9-13-27-11-7-16(8-12-27)22-19-6-5-17(24)14-20(19)30-26-22/h5-6,14,16H,2-4,7-13H2,1H3/i1D3,4D2,14D. The van der Waals surface area contributed by atoms with Gasteiger partial charge < -0.3 is 9.42 Å². The third-order valence-electron chi connectivity index (χ3n) is 6.14. The summed E-state index contributed by atoms with van der Waals surface area (Å²) in [4.78, 5) is 19.6. The average molecular weight is 417 g/mol. The third kappa shape index (κ3) is 3.55. The Morgan fingerprint density at radius 3 is 3.03 bits per heavy atom. The van der Waals surface area contributed by atoms with Crippen molar-refractivity contribution in [2.45, 2.75) is 57.8 Å². The van der Waals surface area contributed by atoms with E-state index >= 15 is 0 Å². The average Bonchev–Trinajstić information content (AvgIpc) is 3.25. The van der Waals surface area contributed by atoms with E-state index in [-0.39, 0.29) is 47.5 Å². The highest BCUT2D eigenvalue weighted by Crippen LogP contribution is 2.32. The summed E-state index contributed by atoms with van der Waals surface area (Å²) in [6, 6.07) is 2.54. The van der Waals surface area contributed by atoms with E-state index in [1.165, 1.54) is 10.6 Å². The summed E-state index contributed by atoms with van der Waals surface area (Å²) in [7, 11) is 0. The van der Waals surface area contributed by atoms with Gasteiger partial charge in [0.25, 0.3) is 5.56 Å². The van der Waals surface area contributed by atoms with E-state index in [0.29, 0.717) is 43.7 Å². The van der Waals surface area contributed by atoms with E-state index in [4.69, 9.17) is 12.7 Å². The SMILES string of the molecule is [2H]c1c(F)ccc2c(C3CCN(CCc4c(C([2H])([2H])[2H])nc5n(c4=O)CCCC5([2H])[2H])CC3)noc12. The summed E-state index contributed by atoms with van der Waals surface area (Å²) >= 11 is 0. The minimum atomic E-state index is -2.62. The molecule has 1 aromatic carbocycles. The summed E-state index contributed by atoms with van der Waals surface area (Å²) in [6.45, 7) is -0.427. The Balaban J connectivity index is 1.32. The fourth-order valence-corrected chi connectivity index (χ4v) is 4.46. The zero-order chi connectivity index (χ0) is 25.8. The van der Waals surface area contributed by atoms with Gasteiger partial charge in [0.1, 0.15) is 11.6 Å². The minimum absolute atomic E-state index is 0.0866. The van der Waals surface area contributed by atoms with Crippen molar-refractivity contribution in [3.63, 3.8) is 0 Å². The smallest absolute Gasteiger partial charge is 0.256 e. The van der Waals surface area contributed by atoms with Gasteiger partial charge >= 0.3 is 0 Å². The van der Waals surface area contributed by atoms with E-state index in [1.54, 1.807) is 6.07 Å². The molecule has 5 rings (SSSR count). The maximum absolute atomic E-state index is 13.7. The molecular weight excluding hydrogens is 383 g/mol. The number of benzene rings is 1. The molecular formula is C23H27FN4O2. The molecule has 0 atom stereocenters. The Labute approximate surface area is 183 Å². The molecule has 4 heterocycles. The van der Waals surface area contributed by atoms with Crippen LogP contribution in [0.3, 0.4) is 0 Å². The largest absolute Gasteiger partial charge is 0.356 e. The van der Waals surface area contributed by atoms with Crippen LogP contribution in [0.2, 0.25) is 0 Å². The first-order chi connectivity index (χ1) is 17.0. The molecule has 6 nitrogen and oxygen atoms in total. The Hall–Kier alpha value is -2.54. The monoisotopic (exact) mass is 416 g/mol. The predicted octanol–water partition coefficient (Wildman–Crippen LogP) is 3.59. The van der Waals surface area contributed by atoms with Crippen molar-refractivity contribution in [2.75, 3.05) is 19.6 Å². The fourth-order valence-electron chi connectivity index (χ4n) is 4.46. The quantitative estimate of drug-likeness (QED) is 0.650. The van der Waals surface area contributed by atoms with Gasteiger partial charge in [-0.2, -0.15) is 0 Å². The minimum Gasteiger partial charge on any atom is -0.356 e. The lowest BCUT2D eigenvalue weighted by molar-refractivity contribution is 0.211. The highest BCUT2D eigenvalue weighted by atomic mass is 19.1. The number of aryl methyl sites for hydroxylation is 2. The van der Waals surface area contributed by atoms with Crippen molar-refractivity contribution in [1.29, 1.82) is 0 Å².